The van der Waals surface area contributed by atoms with E-state index in [1.807, 2.05) is 0 Å². The first kappa shape index (κ1) is 14.8. The average Bonchev–Trinajstić information content (AvgIpc) is 2.33. The monoisotopic (exact) mass is 285 g/mol. The van der Waals surface area contributed by atoms with Crippen molar-refractivity contribution in [3.05, 3.63) is 28.8 Å². The molecule has 0 spiro atoms. The molecular weight excluding hydrogens is 274 g/mol. The molecule has 0 fully saturated rings. The van der Waals surface area contributed by atoms with E-state index in [-0.39, 0.29) is 18.1 Å². The summed E-state index contributed by atoms with van der Waals surface area (Å²) in [6.07, 6.45) is 2.20. The number of amides is 1. The van der Waals surface area contributed by atoms with Crippen LogP contribution in [0.25, 0.3) is 6.08 Å². The second kappa shape index (κ2) is 6.65. The first-order valence-electron chi connectivity index (χ1n) is 5.13. The summed E-state index contributed by atoms with van der Waals surface area (Å²) in [5.41, 5.74) is 5.36. The molecule has 102 valence electrons. The Kier molecular flexibility index (Phi) is 5.20. The summed E-state index contributed by atoms with van der Waals surface area (Å²) in [4.78, 5) is 21.3. The lowest BCUT2D eigenvalue weighted by atomic mass is 10.1. The topological polar surface area (TPSA) is 98.8 Å². The van der Waals surface area contributed by atoms with Crippen molar-refractivity contribution in [1.29, 1.82) is 0 Å². The fraction of sp³-hybridized carbons (Fsp3) is 0.167. The van der Waals surface area contributed by atoms with Gasteiger partial charge in [0.05, 0.1) is 7.11 Å². The van der Waals surface area contributed by atoms with E-state index in [1.165, 1.54) is 25.3 Å². The molecule has 0 atom stereocenters. The van der Waals surface area contributed by atoms with E-state index in [9.17, 15) is 9.59 Å². The zero-order valence-corrected chi connectivity index (χ0v) is 10.8. The van der Waals surface area contributed by atoms with Gasteiger partial charge in [0.25, 0.3) is 5.91 Å². The van der Waals surface area contributed by atoms with Crippen molar-refractivity contribution in [3.63, 3.8) is 0 Å². The smallest absolute Gasteiger partial charge is 0.328 e. The number of hydrogen-bond donors (Lipinski definition) is 2. The van der Waals surface area contributed by atoms with Gasteiger partial charge in [-0.25, -0.2) is 4.79 Å². The number of nitrogens with two attached hydrogens (primary N) is 1. The maximum absolute atomic E-state index is 10.7. The second-order valence-electron chi connectivity index (χ2n) is 3.45. The lowest BCUT2D eigenvalue weighted by Crippen LogP contribution is -2.20. The number of carbonyl (C=O) groups excluding carboxylic acids is 1. The summed E-state index contributed by atoms with van der Waals surface area (Å²) in [6.45, 7) is -0.355. The van der Waals surface area contributed by atoms with E-state index in [0.29, 0.717) is 10.6 Å². The number of aliphatic carboxylic acids is 1. The van der Waals surface area contributed by atoms with Gasteiger partial charge in [0, 0.05) is 22.7 Å². The van der Waals surface area contributed by atoms with Crippen molar-refractivity contribution in [2.24, 2.45) is 5.73 Å². The van der Waals surface area contributed by atoms with Crippen molar-refractivity contribution in [2.75, 3.05) is 13.7 Å². The Morgan fingerprint density at radius 2 is 2.16 bits per heavy atom. The molecule has 0 unspecified atom stereocenters. The van der Waals surface area contributed by atoms with Crippen LogP contribution in [0.2, 0.25) is 5.02 Å². The normalized spacial score (nSPS) is 10.4. The third kappa shape index (κ3) is 4.51. The highest BCUT2D eigenvalue weighted by molar-refractivity contribution is 6.31. The summed E-state index contributed by atoms with van der Waals surface area (Å²) >= 11 is 5.87. The molecule has 0 aliphatic rings. The molecule has 0 saturated carbocycles. The summed E-state index contributed by atoms with van der Waals surface area (Å²) in [6, 6.07) is 2.97. The van der Waals surface area contributed by atoms with Gasteiger partial charge in [-0.3, -0.25) is 4.79 Å². The minimum atomic E-state index is -1.13. The Morgan fingerprint density at radius 3 is 2.68 bits per heavy atom. The lowest BCUT2D eigenvalue weighted by molar-refractivity contribution is -0.131. The number of methoxy groups -OCH3 is 1. The largest absolute Gasteiger partial charge is 0.493 e. The highest BCUT2D eigenvalue weighted by Gasteiger charge is 2.12. The minimum Gasteiger partial charge on any atom is -0.493 e. The molecule has 19 heavy (non-hydrogen) atoms. The molecule has 0 aromatic heterocycles. The highest BCUT2D eigenvalue weighted by atomic mass is 35.5. The Morgan fingerprint density at radius 1 is 1.47 bits per heavy atom. The van der Waals surface area contributed by atoms with Gasteiger partial charge in [-0.05, 0) is 12.1 Å². The number of rotatable bonds is 6. The standard InChI is InChI=1S/C12H12ClNO5/c1-18-9-5-8(13)4-7(2-3-11(16)17)12(9)19-6-10(14)15/h2-5H,6H2,1H3,(H2,14,15)(H,16,17)/b3-2+. The van der Waals surface area contributed by atoms with Crippen LogP contribution in [0.3, 0.4) is 0 Å². The van der Waals surface area contributed by atoms with Crippen LogP contribution < -0.4 is 15.2 Å². The van der Waals surface area contributed by atoms with Crippen molar-refractivity contribution >= 4 is 29.6 Å². The van der Waals surface area contributed by atoms with E-state index in [2.05, 4.69) is 0 Å². The van der Waals surface area contributed by atoms with Crippen LogP contribution in [0, 0.1) is 0 Å². The van der Waals surface area contributed by atoms with Crippen LogP contribution in [0.1, 0.15) is 5.56 Å². The summed E-state index contributed by atoms with van der Waals surface area (Å²) in [5, 5.41) is 8.95. The number of primary amides is 1. The average molecular weight is 286 g/mol. The van der Waals surface area contributed by atoms with E-state index < -0.39 is 11.9 Å². The van der Waals surface area contributed by atoms with E-state index in [1.54, 1.807) is 0 Å². The number of hydrogen-bond acceptors (Lipinski definition) is 4. The van der Waals surface area contributed by atoms with Gasteiger partial charge >= 0.3 is 5.97 Å². The number of benzene rings is 1. The molecule has 0 radical (unpaired) electrons. The number of carbonyl (C=O) groups is 2. The molecule has 1 amide bonds. The molecular formula is C12H12ClNO5. The van der Waals surface area contributed by atoms with Gasteiger partial charge in [0.1, 0.15) is 0 Å². The Hall–Kier alpha value is -2.21. The lowest BCUT2D eigenvalue weighted by Gasteiger charge is -2.13. The Bertz CT molecular complexity index is 527. The van der Waals surface area contributed by atoms with Gasteiger partial charge in [0.15, 0.2) is 18.1 Å². The number of halogens is 1. The van der Waals surface area contributed by atoms with Crippen molar-refractivity contribution in [1.82, 2.24) is 0 Å². The zero-order valence-electron chi connectivity index (χ0n) is 10.1. The first-order valence-corrected chi connectivity index (χ1v) is 5.51. The third-order valence-corrected chi connectivity index (χ3v) is 2.25. The number of carboxylic acid groups (broad SMARTS) is 1. The maximum Gasteiger partial charge on any atom is 0.328 e. The summed E-state index contributed by atoms with van der Waals surface area (Å²) in [5.74, 6) is -1.31. The quantitative estimate of drug-likeness (QED) is 0.768. The van der Waals surface area contributed by atoms with Gasteiger partial charge in [-0.15, -0.1) is 0 Å². The molecule has 1 aromatic carbocycles. The van der Waals surface area contributed by atoms with Crippen LogP contribution in [0.5, 0.6) is 11.5 Å². The van der Waals surface area contributed by atoms with Gasteiger partial charge in [0.2, 0.25) is 0 Å². The van der Waals surface area contributed by atoms with Crippen LogP contribution in [0.4, 0.5) is 0 Å². The van der Waals surface area contributed by atoms with Crippen LogP contribution in [-0.2, 0) is 9.59 Å². The summed E-state index contributed by atoms with van der Waals surface area (Å²) < 4.78 is 10.3. The zero-order chi connectivity index (χ0) is 14.4. The van der Waals surface area contributed by atoms with Crippen molar-refractivity contribution in [3.8, 4) is 11.5 Å². The second-order valence-corrected chi connectivity index (χ2v) is 3.89. The maximum atomic E-state index is 10.7. The molecule has 0 aliphatic carbocycles. The predicted octanol–water partition coefficient (Wildman–Crippen LogP) is 1.31. The van der Waals surface area contributed by atoms with E-state index in [4.69, 9.17) is 31.9 Å². The molecule has 1 aromatic rings. The minimum absolute atomic E-state index is 0.197. The number of ether oxygens (including phenoxy) is 2. The molecule has 1 rings (SSSR count). The molecule has 0 heterocycles. The summed E-state index contributed by atoms with van der Waals surface area (Å²) in [7, 11) is 1.40. The van der Waals surface area contributed by atoms with Gasteiger partial charge in [-0.1, -0.05) is 11.6 Å². The van der Waals surface area contributed by atoms with Crippen LogP contribution in [-0.4, -0.2) is 30.7 Å². The first-order chi connectivity index (χ1) is 8.93. The van der Waals surface area contributed by atoms with Crippen LogP contribution in [0.15, 0.2) is 18.2 Å². The highest BCUT2D eigenvalue weighted by Crippen LogP contribution is 2.35. The molecule has 0 bridgehead atoms. The van der Waals surface area contributed by atoms with Crippen molar-refractivity contribution < 1.29 is 24.2 Å². The Labute approximate surface area is 114 Å². The number of carboxylic acids is 1. The van der Waals surface area contributed by atoms with E-state index >= 15 is 0 Å². The molecule has 7 heteroatoms. The van der Waals surface area contributed by atoms with E-state index in [0.717, 1.165) is 6.08 Å². The molecule has 3 N–H and O–H groups in total. The fourth-order valence-electron chi connectivity index (χ4n) is 1.32. The molecule has 6 nitrogen and oxygen atoms in total. The molecule has 0 aliphatic heterocycles. The van der Waals surface area contributed by atoms with Gasteiger partial charge < -0.3 is 20.3 Å². The predicted molar refractivity (Wildman–Crippen MR) is 69.4 cm³/mol. The fourth-order valence-corrected chi connectivity index (χ4v) is 1.54. The van der Waals surface area contributed by atoms with Crippen LogP contribution >= 0.6 is 11.6 Å². The SMILES string of the molecule is COc1cc(Cl)cc(/C=C/C(=O)O)c1OCC(N)=O. The third-order valence-electron chi connectivity index (χ3n) is 2.03. The van der Waals surface area contributed by atoms with Gasteiger partial charge in [-0.2, -0.15) is 0 Å². The molecule has 0 saturated heterocycles. The Balaban J connectivity index is 3.20. The van der Waals surface area contributed by atoms with Crippen molar-refractivity contribution in [2.45, 2.75) is 0 Å².